The molecule has 2 atom stereocenters. The average molecular weight is 175 g/mol. The van der Waals surface area contributed by atoms with Crippen molar-refractivity contribution in [3.63, 3.8) is 0 Å². The van der Waals surface area contributed by atoms with Gasteiger partial charge in [-0.05, 0) is 18.8 Å². The van der Waals surface area contributed by atoms with Crippen LogP contribution in [0.3, 0.4) is 0 Å². The summed E-state index contributed by atoms with van der Waals surface area (Å²) in [5, 5.41) is 0. The van der Waals surface area contributed by atoms with E-state index >= 15 is 0 Å². The van der Waals surface area contributed by atoms with Gasteiger partial charge in [-0.3, -0.25) is 0 Å². The van der Waals surface area contributed by atoms with Gasteiger partial charge >= 0.3 is 0 Å². The van der Waals surface area contributed by atoms with Crippen LogP contribution < -0.4 is 5.73 Å². The number of alkyl halides is 2. The lowest BCUT2D eigenvalue weighted by molar-refractivity contribution is 0.00397. The Hall–Kier alpha value is -0.440. The van der Waals surface area contributed by atoms with Crippen molar-refractivity contribution < 1.29 is 8.78 Å². The van der Waals surface area contributed by atoms with Crippen LogP contribution in [0.4, 0.5) is 8.78 Å². The number of rotatable bonds is 3. The third-order valence-corrected chi connectivity index (χ3v) is 2.49. The molecule has 1 saturated carbocycles. The van der Waals surface area contributed by atoms with E-state index < -0.39 is 5.92 Å². The molecule has 2 N–H and O–H groups in total. The fourth-order valence-corrected chi connectivity index (χ4v) is 1.73. The zero-order valence-electron chi connectivity index (χ0n) is 7.10. The maximum Gasteiger partial charge on any atom is 0.248 e. The molecule has 2 unspecified atom stereocenters. The van der Waals surface area contributed by atoms with Crippen LogP contribution in [-0.2, 0) is 0 Å². The molecule has 1 nitrogen and oxygen atoms in total. The summed E-state index contributed by atoms with van der Waals surface area (Å²) in [6, 6.07) is -0.129. The maximum absolute atomic E-state index is 12.7. The van der Waals surface area contributed by atoms with Gasteiger partial charge in [0, 0.05) is 18.9 Å². The van der Waals surface area contributed by atoms with E-state index in [2.05, 4.69) is 6.58 Å². The Bertz CT molecular complexity index is 168. The molecule has 1 rings (SSSR count). The van der Waals surface area contributed by atoms with Crippen molar-refractivity contribution in [3.8, 4) is 0 Å². The predicted octanol–water partition coefficient (Wildman–Crippen LogP) is 2.33. The van der Waals surface area contributed by atoms with Gasteiger partial charge < -0.3 is 5.73 Å². The molecule has 1 fully saturated rings. The molecular weight excluding hydrogens is 160 g/mol. The molecular formula is C9H15F2N. The molecule has 1 aliphatic carbocycles. The number of hydrogen-bond acceptors (Lipinski definition) is 1. The highest BCUT2D eigenvalue weighted by Gasteiger charge is 2.41. The van der Waals surface area contributed by atoms with Crippen LogP contribution in [0.5, 0.6) is 0 Å². The van der Waals surface area contributed by atoms with Crippen LogP contribution in [0.25, 0.3) is 0 Å². The van der Waals surface area contributed by atoms with Crippen molar-refractivity contribution in [2.75, 3.05) is 0 Å². The molecule has 1 aliphatic rings. The summed E-state index contributed by atoms with van der Waals surface area (Å²) in [7, 11) is 0. The number of halogens is 2. The van der Waals surface area contributed by atoms with E-state index in [1.807, 2.05) is 0 Å². The Morgan fingerprint density at radius 3 is 2.75 bits per heavy atom. The van der Waals surface area contributed by atoms with E-state index in [0.29, 0.717) is 12.8 Å². The lowest BCUT2D eigenvalue weighted by Crippen LogP contribution is -2.28. The van der Waals surface area contributed by atoms with Crippen LogP contribution in [0.15, 0.2) is 12.7 Å². The first kappa shape index (κ1) is 9.65. The van der Waals surface area contributed by atoms with Gasteiger partial charge in [0.2, 0.25) is 5.92 Å². The SMILES string of the molecule is C=CCC(N)C1CCC(F)(F)C1. The first-order valence-corrected chi connectivity index (χ1v) is 4.29. The molecule has 70 valence electrons. The predicted molar refractivity (Wildman–Crippen MR) is 45.1 cm³/mol. The monoisotopic (exact) mass is 175 g/mol. The fraction of sp³-hybridized carbons (Fsp3) is 0.778. The molecule has 0 amide bonds. The van der Waals surface area contributed by atoms with Gasteiger partial charge in [-0.2, -0.15) is 0 Å². The van der Waals surface area contributed by atoms with Crippen molar-refractivity contribution >= 4 is 0 Å². The molecule has 0 bridgehead atoms. The first-order valence-electron chi connectivity index (χ1n) is 4.29. The summed E-state index contributed by atoms with van der Waals surface area (Å²) < 4.78 is 25.4. The van der Waals surface area contributed by atoms with Crippen LogP contribution >= 0.6 is 0 Å². The molecule has 0 heterocycles. The third-order valence-electron chi connectivity index (χ3n) is 2.49. The van der Waals surface area contributed by atoms with Crippen molar-refractivity contribution in [3.05, 3.63) is 12.7 Å². The van der Waals surface area contributed by atoms with E-state index in [1.54, 1.807) is 6.08 Å². The second-order valence-electron chi connectivity index (χ2n) is 3.55. The molecule has 0 radical (unpaired) electrons. The van der Waals surface area contributed by atoms with E-state index in [-0.39, 0.29) is 24.8 Å². The molecule has 0 spiro atoms. The van der Waals surface area contributed by atoms with Crippen LogP contribution in [-0.4, -0.2) is 12.0 Å². The largest absolute Gasteiger partial charge is 0.327 e. The summed E-state index contributed by atoms with van der Waals surface area (Å²) in [6.45, 7) is 3.54. The standard InChI is InChI=1S/C9H15F2N/c1-2-3-8(12)7-4-5-9(10,11)6-7/h2,7-8H,1,3-6,12H2. The highest BCUT2D eigenvalue weighted by atomic mass is 19.3. The van der Waals surface area contributed by atoms with E-state index in [0.717, 1.165) is 0 Å². The van der Waals surface area contributed by atoms with Crippen molar-refractivity contribution in [1.82, 2.24) is 0 Å². The fourth-order valence-electron chi connectivity index (χ4n) is 1.73. The molecule has 0 aliphatic heterocycles. The molecule has 12 heavy (non-hydrogen) atoms. The Labute approximate surface area is 71.6 Å². The highest BCUT2D eigenvalue weighted by molar-refractivity contribution is 4.89. The number of nitrogens with two attached hydrogens (primary N) is 1. The summed E-state index contributed by atoms with van der Waals surface area (Å²) in [4.78, 5) is 0. The van der Waals surface area contributed by atoms with E-state index in [4.69, 9.17) is 5.73 Å². The van der Waals surface area contributed by atoms with E-state index in [1.165, 1.54) is 0 Å². The Balaban J connectivity index is 2.40. The Morgan fingerprint density at radius 1 is 1.67 bits per heavy atom. The minimum atomic E-state index is -2.47. The Kier molecular flexibility index (Phi) is 2.83. The summed E-state index contributed by atoms with van der Waals surface area (Å²) in [5.74, 6) is -2.48. The van der Waals surface area contributed by atoms with Crippen LogP contribution in [0.2, 0.25) is 0 Å². The number of hydrogen-bond donors (Lipinski definition) is 1. The minimum Gasteiger partial charge on any atom is -0.327 e. The molecule has 0 aromatic carbocycles. The van der Waals surface area contributed by atoms with Gasteiger partial charge in [0.25, 0.3) is 0 Å². The van der Waals surface area contributed by atoms with Crippen LogP contribution in [0, 0.1) is 5.92 Å². The minimum absolute atomic E-state index is 0.00249. The smallest absolute Gasteiger partial charge is 0.248 e. The average Bonchev–Trinajstić information content (AvgIpc) is 2.31. The highest BCUT2D eigenvalue weighted by Crippen LogP contribution is 2.40. The van der Waals surface area contributed by atoms with Crippen molar-refractivity contribution in [1.29, 1.82) is 0 Å². The summed E-state index contributed by atoms with van der Waals surface area (Å²) in [5.41, 5.74) is 5.71. The summed E-state index contributed by atoms with van der Waals surface area (Å²) >= 11 is 0. The molecule has 3 heteroatoms. The van der Waals surface area contributed by atoms with Gasteiger partial charge in [-0.1, -0.05) is 6.08 Å². The molecule has 0 aromatic rings. The lowest BCUT2D eigenvalue weighted by Gasteiger charge is -2.17. The third kappa shape index (κ3) is 2.27. The quantitative estimate of drug-likeness (QED) is 0.654. The second-order valence-corrected chi connectivity index (χ2v) is 3.55. The van der Waals surface area contributed by atoms with Gasteiger partial charge in [0.1, 0.15) is 0 Å². The lowest BCUT2D eigenvalue weighted by atomic mass is 9.96. The van der Waals surface area contributed by atoms with Crippen LogP contribution in [0.1, 0.15) is 25.7 Å². The van der Waals surface area contributed by atoms with Gasteiger partial charge in [-0.25, -0.2) is 8.78 Å². The Morgan fingerprint density at radius 2 is 2.33 bits per heavy atom. The van der Waals surface area contributed by atoms with Gasteiger partial charge in [0.15, 0.2) is 0 Å². The topological polar surface area (TPSA) is 26.0 Å². The zero-order chi connectivity index (χ0) is 9.19. The molecule has 0 aromatic heterocycles. The van der Waals surface area contributed by atoms with Crippen molar-refractivity contribution in [2.24, 2.45) is 11.7 Å². The second kappa shape index (κ2) is 3.52. The zero-order valence-corrected chi connectivity index (χ0v) is 7.10. The van der Waals surface area contributed by atoms with Crippen molar-refractivity contribution in [2.45, 2.75) is 37.6 Å². The first-order chi connectivity index (χ1) is 5.55. The molecule has 0 saturated heterocycles. The normalized spacial score (nSPS) is 30.1. The van der Waals surface area contributed by atoms with E-state index in [9.17, 15) is 8.78 Å². The van der Waals surface area contributed by atoms with Gasteiger partial charge in [-0.15, -0.1) is 6.58 Å². The maximum atomic E-state index is 12.7. The van der Waals surface area contributed by atoms with Gasteiger partial charge in [0.05, 0.1) is 0 Å². The summed E-state index contributed by atoms with van der Waals surface area (Å²) in [6.07, 6.45) is 2.86.